The van der Waals surface area contributed by atoms with Gasteiger partial charge < -0.3 is 9.88 Å². The molecule has 0 unspecified atom stereocenters. The molecule has 0 aromatic carbocycles. The van der Waals surface area contributed by atoms with Crippen molar-refractivity contribution in [2.24, 2.45) is 0 Å². The predicted molar refractivity (Wildman–Crippen MR) is 113 cm³/mol. The fourth-order valence-electron chi connectivity index (χ4n) is 5.27. The first-order valence-electron chi connectivity index (χ1n) is 11.2. The summed E-state index contributed by atoms with van der Waals surface area (Å²) in [7, 11) is 0. The Kier molecular flexibility index (Phi) is 5.37. The van der Waals surface area contributed by atoms with Gasteiger partial charge in [-0.1, -0.05) is 19.3 Å². The molecule has 1 atom stereocenters. The Balaban J connectivity index is 1.32. The van der Waals surface area contributed by atoms with Gasteiger partial charge in [-0.2, -0.15) is 0 Å². The minimum absolute atomic E-state index is 0.00520. The fourth-order valence-corrected chi connectivity index (χ4v) is 5.27. The molecule has 1 saturated heterocycles. The van der Waals surface area contributed by atoms with Crippen molar-refractivity contribution in [2.75, 3.05) is 19.6 Å². The molecule has 1 amide bonds. The van der Waals surface area contributed by atoms with Crippen molar-refractivity contribution in [3.8, 4) is 0 Å². The van der Waals surface area contributed by atoms with Crippen molar-refractivity contribution in [1.82, 2.24) is 24.8 Å². The van der Waals surface area contributed by atoms with Crippen LogP contribution in [0.3, 0.4) is 0 Å². The van der Waals surface area contributed by atoms with Gasteiger partial charge in [0.1, 0.15) is 5.82 Å². The number of nitrogens with one attached hydrogen (secondary N) is 1. The standard InChI is InChI=1S/C23H29N5O2/c29-22-19-9-12-27(18-6-2-1-3-7-18)15-20(19)25-21(26-22)17-8-11-28(14-17)23(30)16-5-4-10-24-13-16/h4-5,10,13,17-18H,1-3,6-9,11-12,14-15H2,(H,25,26,29)/t17-/m0/s1. The first-order chi connectivity index (χ1) is 14.7. The molecule has 1 aliphatic carbocycles. The summed E-state index contributed by atoms with van der Waals surface area (Å²) in [5.41, 5.74) is 2.42. The Morgan fingerprint density at radius 3 is 2.80 bits per heavy atom. The van der Waals surface area contributed by atoms with Crippen molar-refractivity contribution in [3.63, 3.8) is 0 Å². The molecule has 1 N–H and O–H groups in total. The van der Waals surface area contributed by atoms with Gasteiger partial charge in [0.25, 0.3) is 11.5 Å². The molecular formula is C23H29N5O2. The molecule has 2 aromatic rings. The van der Waals surface area contributed by atoms with E-state index in [1.54, 1.807) is 24.5 Å². The summed E-state index contributed by atoms with van der Waals surface area (Å²) in [5.74, 6) is 0.814. The number of aromatic amines is 1. The molecule has 0 bridgehead atoms. The van der Waals surface area contributed by atoms with Crippen molar-refractivity contribution >= 4 is 5.91 Å². The molecule has 3 aliphatic rings. The van der Waals surface area contributed by atoms with Crippen LogP contribution in [0.4, 0.5) is 0 Å². The molecule has 7 nitrogen and oxygen atoms in total. The fraction of sp³-hybridized carbons (Fsp3) is 0.565. The van der Waals surface area contributed by atoms with E-state index in [0.717, 1.165) is 43.0 Å². The number of hydrogen-bond acceptors (Lipinski definition) is 5. The highest BCUT2D eigenvalue weighted by Gasteiger charge is 2.32. The van der Waals surface area contributed by atoms with Crippen molar-refractivity contribution in [3.05, 3.63) is 57.5 Å². The van der Waals surface area contributed by atoms with E-state index in [9.17, 15) is 9.59 Å². The zero-order chi connectivity index (χ0) is 20.5. The number of rotatable bonds is 3. The van der Waals surface area contributed by atoms with Crippen LogP contribution in [0.25, 0.3) is 0 Å². The second kappa shape index (κ2) is 8.30. The quantitative estimate of drug-likeness (QED) is 0.845. The van der Waals surface area contributed by atoms with E-state index in [4.69, 9.17) is 4.98 Å². The smallest absolute Gasteiger partial charge is 0.255 e. The van der Waals surface area contributed by atoms with E-state index in [0.29, 0.717) is 24.7 Å². The maximum absolute atomic E-state index is 12.8. The first kappa shape index (κ1) is 19.4. The normalized spacial score (nSPS) is 22.8. The third-order valence-electron chi connectivity index (χ3n) is 6.98. The minimum Gasteiger partial charge on any atom is -0.338 e. The van der Waals surface area contributed by atoms with Gasteiger partial charge in [0, 0.05) is 56.1 Å². The Bertz CT molecular complexity index is 967. The Morgan fingerprint density at radius 1 is 1.13 bits per heavy atom. The molecule has 4 heterocycles. The lowest BCUT2D eigenvalue weighted by Gasteiger charge is -2.37. The van der Waals surface area contributed by atoms with E-state index < -0.39 is 0 Å². The van der Waals surface area contributed by atoms with Gasteiger partial charge in [-0.05, 0) is 37.8 Å². The van der Waals surface area contributed by atoms with Crippen molar-refractivity contribution < 1.29 is 4.79 Å². The van der Waals surface area contributed by atoms with Crippen LogP contribution in [-0.4, -0.2) is 56.3 Å². The van der Waals surface area contributed by atoms with Crippen LogP contribution in [0, 0.1) is 0 Å². The average Bonchev–Trinajstić information content (AvgIpc) is 3.30. The zero-order valence-corrected chi connectivity index (χ0v) is 17.3. The summed E-state index contributed by atoms with van der Waals surface area (Å²) in [5, 5.41) is 0. The maximum Gasteiger partial charge on any atom is 0.255 e. The zero-order valence-electron chi connectivity index (χ0n) is 17.3. The first-order valence-corrected chi connectivity index (χ1v) is 11.2. The average molecular weight is 408 g/mol. The Morgan fingerprint density at radius 2 is 2.00 bits per heavy atom. The molecule has 2 aromatic heterocycles. The van der Waals surface area contributed by atoms with Crippen LogP contribution in [0.1, 0.15) is 71.9 Å². The lowest BCUT2D eigenvalue weighted by molar-refractivity contribution is 0.0790. The second-order valence-corrected chi connectivity index (χ2v) is 8.87. The minimum atomic E-state index is -0.00520. The van der Waals surface area contributed by atoms with Crippen LogP contribution in [0.15, 0.2) is 29.3 Å². The summed E-state index contributed by atoms with van der Waals surface area (Å²) >= 11 is 0. The van der Waals surface area contributed by atoms with Crippen LogP contribution < -0.4 is 5.56 Å². The highest BCUT2D eigenvalue weighted by atomic mass is 16.2. The summed E-state index contributed by atoms with van der Waals surface area (Å²) < 4.78 is 0. The van der Waals surface area contributed by atoms with E-state index in [-0.39, 0.29) is 17.4 Å². The van der Waals surface area contributed by atoms with Gasteiger partial charge in [0.05, 0.1) is 11.3 Å². The van der Waals surface area contributed by atoms with Gasteiger partial charge in [-0.15, -0.1) is 0 Å². The third kappa shape index (κ3) is 3.78. The lowest BCUT2D eigenvalue weighted by Crippen LogP contribution is -2.42. The molecule has 0 radical (unpaired) electrons. The van der Waals surface area contributed by atoms with Crippen molar-refractivity contribution in [1.29, 1.82) is 0 Å². The van der Waals surface area contributed by atoms with E-state index in [1.807, 2.05) is 4.90 Å². The molecule has 5 rings (SSSR count). The number of aromatic nitrogens is 3. The van der Waals surface area contributed by atoms with Crippen molar-refractivity contribution in [2.45, 2.75) is 63.5 Å². The number of likely N-dealkylation sites (tertiary alicyclic amines) is 1. The highest BCUT2D eigenvalue weighted by Crippen LogP contribution is 2.29. The van der Waals surface area contributed by atoms with Gasteiger partial charge in [0.15, 0.2) is 0 Å². The number of pyridine rings is 1. The Labute approximate surface area is 176 Å². The molecule has 0 spiro atoms. The lowest BCUT2D eigenvalue weighted by atomic mass is 9.92. The maximum atomic E-state index is 12.8. The second-order valence-electron chi connectivity index (χ2n) is 8.87. The van der Waals surface area contributed by atoms with Crippen LogP contribution >= 0.6 is 0 Å². The number of H-pyrrole nitrogens is 1. The summed E-state index contributed by atoms with van der Waals surface area (Å²) in [6.07, 6.45) is 11.4. The summed E-state index contributed by atoms with van der Waals surface area (Å²) in [6, 6.07) is 4.21. The Hall–Kier alpha value is -2.54. The van der Waals surface area contributed by atoms with Gasteiger partial charge >= 0.3 is 0 Å². The van der Waals surface area contributed by atoms with E-state index in [2.05, 4.69) is 14.9 Å². The third-order valence-corrected chi connectivity index (χ3v) is 6.98. The summed E-state index contributed by atoms with van der Waals surface area (Å²) in [6.45, 7) is 3.00. The topological polar surface area (TPSA) is 82.2 Å². The highest BCUT2D eigenvalue weighted by molar-refractivity contribution is 5.94. The largest absolute Gasteiger partial charge is 0.338 e. The molecule has 2 fully saturated rings. The SMILES string of the molecule is O=C(c1cccnc1)N1CC[C@H](c2nc3c(c(=O)[nH]2)CCN(C2CCCCC2)C3)C1. The van der Waals surface area contributed by atoms with Crippen LogP contribution in [-0.2, 0) is 13.0 Å². The molecule has 158 valence electrons. The molecule has 1 saturated carbocycles. The number of hydrogen-bond donors (Lipinski definition) is 1. The molecule has 30 heavy (non-hydrogen) atoms. The summed E-state index contributed by atoms with van der Waals surface area (Å²) in [4.78, 5) is 41.9. The van der Waals surface area contributed by atoms with Gasteiger partial charge in [-0.25, -0.2) is 4.98 Å². The number of carbonyl (C=O) groups is 1. The number of amides is 1. The predicted octanol–water partition coefficient (Wildman–Crippen LogP) is 2.49. The number of fused-ring (bicyclic) bond motifs is 1. The van der Waals surface area contributed by atoms with Crippen LogP contribution in [0.5, 0.6) is 0 Å². The van der Waals surface area contributed by atoms with E-state index >= 15 is 0 Å². The molecule has 7 heteroatoms. The van der Waals surface area contributed by atoms with Crippen LogP contribution in [0.2, 0.25) is 0 Å². The number of carbonyl (C=O) groups excluding carboxylic acids is 1. The molecule has 2 aliphatic heterocycles. The van der Waals surface area contributed by atoms with Gasteiger partial charge in [-0.3, -0.25) is 19.5 Å². The monoisotopic (exact) mass is 407 g/mol. The van der Waals surface area contributed by atoms with Gasteiger partial charge in [0.2, 0.25) is 0 Å². The number of nitrogens with zero attached hydrogens (tertiary/aromatic N) is 4. The molecular weight excluding hydrogens is 378 g/mol. The van der Waals surface area contributed by atoms with E-state index in [1.165, 1.54) is 32.1 Å².